The van der Waals surface area contributed by atoms with Gasteiger partial charge in [0.15, 0.2) is 0 Å². The molecular formula is C24H24N2O4. The van der Waals surface area contributed by atoms with Gasteiger partial charge in [0.2, 0.25) is 0 Å². The van der Waals surface area contributed by atoms with Crippen molar-refractivity contribution in [3.05, 3.63) is 95.6 Å². The van der Waals surface area contributed by atoms with Gasteiger partial charge in [0.25, 0.3) is 11.8 Å². The van der Waals surface area contributed by atoms with Crippen molar-refractivity contribution >= 4 is 17.9 Å². The highest BCUT2D eigenvalue weighted by atomic mass is 16.5. The molecule has 6 nitrogen and oxygen atoms in total. The minimum absolute atomic E-state index is 0.0861. The maximum Gasteiger partial charge on any atom is 0.268 e. The molecule has 0 bridgehead atoms. The molecule has 0 saturated heterocycles. The average molecular weight is 404 g/mol. The van der Waals surface area contributed by atoms with Gasteiger partial charge < -0.3 is 19.8 Å². The normalized spacial score (nSPS) is 12.1. The predicted molar refractivity (Wildman–Crippen MR) is 115 cm³/mol. The van der Waals surface area contributed by atoms with E-state index in [1.165, 1.54) is 12.3 Å². The summed E-state index contributed by atoms with van der Waals surface area (Å²) in [6.07, 6.45) is 2.99. The van der Waals surface area contributed by atoms with E-state index < -0.39 is 5.91 Å². The first-order valence-electron chi connectivity index (χ1n) is 9.63. The topological polar surface area (TPSA) is 80.6 Å². The SMILES string of the molecule is Cc1cccc(C(=O)N/C(=C\c2ccco2)C(=O)N[C@@H](C)COc2ccccc2)c1. The fraction of sp³-hybridized carbons (Fsp3) is 0.167. The van der Waals surface area contributed by atoms with Gasteiger partial charge in [-0.3, -0.25) is 9.59 Å². The summed E-state index contributed by atoms with van der Waals surface area (Å²) >= 11 is 0. The van der Waals surface area contributed by atoms with Crippen molar-refractivity contribution < 1.29 is 18.7 Å². The Bertz CT molecular complexity index is 1010. The van der Waals surface area contributed by atoms with Crippen molar-refractivity contribution in [1.29, 1.82) is 0 Å². The van der Waals surface area contributed by atoms with Gasteiger partial charge in [0.05, 0.1) is 12.3 Å². The molecule has 154 valence electrons. The number of amides is 2. The number of rotatable bonds is 8. The zero-order valence-electron chi connectivity index (χ0n) is 16.9. The lowest BCUT2D eigenvalue weighted by atomic mass is 10.1. The highest BCUT2D eigenvalue weighted by Gasteiger charge is 2.17. The Hall–Kier alpha value is -3.80. The molecule has 0 fully saturated rings. The van der Waals surface area contributed by atoms with Gasteiger partial charge in [-0.05, 0) is 50.2 Å². The number of hydrogen-bond donors (Lipinski definition) is 2. The molecule has 0 aliphatic carbocycles. The molecule has 0 spiro atoms. The molecule has 30 heavy (non-hydrogen) atoms. The van der Waals surface area contributed by atoms with Crippen LogP contribution in [0.25, 0.3) is 6.08 Å². The number of aryl methyl sites for hydroxylation is 1. The smallest absolute Gasteiger partial charge is 0.268 e. The summed E-state index contributed by atoms with van der Waals surface area (Å²) in [4.78, 5) is 25.5. The number of benzene rings is 2. The van der Waals surface area contributed by atoms with Crippen LogP contribution in [-0.2, 0) is 4.79 Å². The van der Waals surface area contributed by atoms with Crippen molar-refractivity contribution in [2.24, 2.45) is 0 Å². The summed E-state index contributed by atoms with van der Waals surface area (Å²) in [5.41, 5.74) is 1.51. The van der Waals surface area contributed by atoms with Crippen LogP contribution in [0.2, 0.25) is 0 Å². The van der Waals surface area contributed by atoms with Crippen LogP contribution in [0.15, 0.2) is 83.1 Å². The van der Waals surface area contributed by atoms with Crippen LogP contribution < -0.4 is 15.4 Å². The van der Waals surface area contributed by atoms with E-state index in [0.717, 1.165) is 11.3 Å². The molecule has 2 amide bonds. The summed E-state index contributed by atoms with van der Waals surface area (Å²) in [5, 5.41) is 5.53. The van der Waals surface area contributed by atoms with Crippen LogP contribution in [0, 0.1) is 6.92 Å². The Kier molecular flexibility index (Phi) is 7.05. The highest BCUT2D eigenvalue weighted by molar-refractivity contribution is 6.05. The molecule has 2 N–H and O–H groups in total. The van der Waals surface area contributed by atoms with E-state index in [2.05, 4.69) is 10.6 Å². The molecule has 0 unspecified atom stereocenters. The van der Waals surface area contributed by atoms with Gasteiger partial charge in [0.1, 0.15) is 23.8 Å². The highest BCUT2D eigenvalue weighted by Crippen LogP contribution is 2.11. The first-order chi connectivity index (χ1) is 14.5. The molecule has 0 aliphatic heterocycles. The molecule has 3 rings (SSSR count). The Balaban J connectivity index is 1.68. The molecule has 3 aromatic rings. The van der Waals surface area contributed by atoms with Gasteiger partial charge in [0, 0.05) is 11.6 Å². The Morgan fingerprint density at radius 1 is 1.07 bits per heavy atom. The van der Waals surface area contributed by atoms with Crippen molar-refractivity contribution in [2.75, 3.05) is 6.61 Å². The zero-order valence-corrected chi connectivity index (χ0v) is 16.9. The number of carbonyl (C=O) groups excluding carboxylic acids is 2. The van der Waals surface area contributed by atoms with E-state index in [1.807, 2.05) is 50.2 Å². The number of ether oxygens (including phenoxy) is 1. The zero-order chi connectivity index (χ0) is 21.3. The van der Waals surface area contributed by atoms with Gasteiger partial charge in [-0.1, -0.05) is 35.9 Å². The van der Waals surface area contributed by atoms with E-state index in [0.29, 0.717) is 11.3 Å². The largest absolute Gasteiger partial charge is 0.491 e. The van der Waals surface area contributed by atoms with E-state index in [-0.39, 0.29) is 24.3 Å². The van der Waals surface area contributed by atoms with Crippen LogP contribution in [0.3, 0.4) is 0 Å². The number of para-hydroxylation sites is 1. The molecule has 1 heterocycles. The number of nitrogens with one attached hydrogen (secondary N) is 2. The van der Waals surface area contributed by atoms with Crippen LogP contribution in [0.4, 0.5) is 0 Å². The van der Waals surface area contributed by atoms with E-state index in [9.17, 15) is 9.59 Å². The van der Waals surface area contributed by atoms with Crippen molar-refractivity contribution in [2.45, 2.75) is 19.9 Å². The third kappa shape index (κ3) is 6.10. The summed E-state index contributed by atoms with van der Waals surface area (Å²) in [5.74, 6) is 0.368. The molecule has 6 heteroatoms. The maximum absolute atomic E-state index is 12.8. The quantitative estimate of drug-likeness (QED) is 0.557. The average Bonchev–Trinajstić information content (AvgIpc) is 3.25. The van der Waals surface area contributed by atoms with Crippen LogP contribution in [-0.4, -0.2) is 24.5 Å². The monoisotopic (exact) mass is 404 g/mol. The summed E-state index contributed by atoms with van der Waals surface area (Å²) in [6.45, 7) is 4.01. The Morgan fingerprint density at radius 3 is 2.57 bits per heavy atom. The summed E-state index contributed by atoms with van der Waals surface area (Å²) in [7, 11) is 0. The lowest BCUT2D eigenvalue weighted by molar-refractivity contribution is -0.118. The van der Waals surface area contributed by atoms with Gasteiger partial charge >= 0.3 is 0 Å². The predicted octanol–water partition coefficient (Wildman–Crippen LogP) is 3.94. The van der Waals surface area contributed by atoms with E-state index in [1.54, 1.807) is 30.3 Å². The minimum atomic E-state index is -0.434. The number of hydrogen-bond acceptors (Lipinski definition) is 4. The molecule has 1 atom stereocenters. The third-order valence-electron chi connectivity index (χ3n) is 4.22. The van der Waals surface area contributed by atoms with E-state index >= 15 is 0 Å². The van der Waals surface area contributed by atoms with Crippen molar-refractivity contribution in [1.82, 2.24) is 10.6 Å². The second-order valence-corrected chi connectivity index (χ2v) is 6.90. The van der Waals surface area contributed by atoms with Gasteiger partial charge in [-0.25, -0.2) is 0 Å². The maximum atomic E-state index is 12.8. The molecule has 0 radical (unpaired) electrons. The second-order valence-electron chi connectivity index (χ2n) is 6.90. The molecule has 0 saturated carbocycles. The summed E-state index contributed by atoms with van der Waals surface area (Å²) in [6, 6.07) is 19.6. The van der Waals surface area contributed by atoms with Crippen LogP contribution >= 0.6 is 0 Å². The fourth-order valence-electron chi connectivity index (χ4n) is 2.74. The Morgan fingerprint density at radius 2 is 1.87 bits per heavy atom. The second kappa shape index (κ2) is 10.1. The van der Waals surface area contributed by atoms with Crippen molar-refractivity contribution in [3.63, 3.8) is 0 Å². The molecule has 0 aliphatic rings. The van der Waals surface area contributed by atoms with Gasteiger partial charge in [-0.15, -0.1) is 0 Å². The van der Waals surface area contributed by atoms with E-state index in [4.69, 9.17) is 9.15 Å². The third-order valence-corrected chi connectivity index (χ3v) is 4.22. The lowest BCUT2D eigenvalue weighted by Gasteiger charge is -2.17. The van der Waals surface area contributed by atoms with Crippen molar-refractivity contribution in [3.8, 4) is 5.75 Å². The first-order valence-corrected chi connectivity index (χ1v) is 9.63. The lowest BCUT2D eigenvalue weighted by Crippen LogP contribution is -2.41. The first kappa shape index (κ1) is 20.9. The molecular weight excluding hydrogens is 380 g/mol. The van der Waals surface area contributed by atoms with Crippen LogP contribution in [0.5, 0.6) is 5.75 Å². The molecule has 2 aromatic carbocycles. The van der Waals surface area contributed by atoms with Gasteiger partial charge in [-0.2, -0.15) is 0 Å². The molecule has 1 aromatic heterocycles. The number of furan rings is 1. The standard InChI is InChI=1S/C24H24N2O4/c1-17-8-6-9-19(14-17)23(27)26-22(15-21-12-7-13-29-21)24(28)25-18(2)16-30-20-10-4-3-5-11-20/h3-15,18H,16H2,1-2H3,(H,25,28)(H,26,27)/b22-15-/t18-/m0/s1. The summed E-state index contributed by atoms with van der Waals surface area (Å²) < 4.78 is 11.0. The fourth-order valence-corrected chi connectivity index (χ4v) is 2.74. The van der Waals surface area contributed by atoms with Crippen LogP contribution in [0.1, 0.15) is 28.6 Å². The minimum Gasteiger partial charge on any atom is -0.491 e. The number of carbonyl (C=O) groups is 2. The Labute approximate surface area is 175 Å².